The van der Waals surface area contributed by atoms with E-state index in [1.807, 2.05) is 0 Å². The first-order valence-corrected chi connectivity index (χ1v) is 6.06. The molecule has 0 radical (unpaired) electrons. The lowest BCUT2D eigenvalue weighted by atomic mass is 10.1. The van der Waals surface area contributed by atoms with Crippen LogP contribution in [0.4, 0.5) is 4.39 Å². The van der Waals surface area contributed by atoms with E-state index >= 15 is 0 Å². The number of nitrogens with zero attached hydrogens (tertiary/aromatic N) is 2. The van der Waals surface area contributed by atoms with Crippen LogP contribution in [0.1, 0.15) is 15.9 Å². The smallest absolute Gasteiger partial charge is 0.335 e. The molecule has 4 nitrogen and oxygen atoms in total. The van der Waals surface area contributed by atoms with E-state index < -0.39 is 11.8 Å². The highest BCUT2D eigenvalue weighted by molar-refractivity contribution is 7.98. The van der Waals surface area contributed by atoms with Gasteiger partial charge in [0.25, 0.3) is 0 Å². The normalized spacial score (nSPS) is 10.3. The summed E-state index contributed by atoms with van der Waals surface area (Å²) in [4.78, 5) is 18.4. The molecule has 0 saturated carbocycles. The Kier molecular flexibility index (Phi) is 3.88. The fourth-order valence-electron chi connectivity index (χ4n) is 1.31. The Morgan fingerprint density at radius 1 is 1.39 bits per heavy atom. The molecule has 0 aliphatic heterocycles. The van der Waals surface area contributed by atoms with Crippen molar-refractivity contribution in [1.29, 1.82) is 0 Å². The summed E-state index contributed by atoms with van der Waals surface area (Å²) in [6, 6.07) is 5.63. The third kappa shape index (κ3) is 3.04. The molecule has 6 heteroatoms. The predicted octanol–water partition coefficient (Wildman–Crippen LogP) is 2.61. The summed E-state index contributed by atoms with van der Waals surface area (Å²) in [7, 11) is 0. The number of benzene rings is 1. The molecule has 1 heterocycles. The van der Waals surface area contributed by atoms with E-state index in [0.717, 1.165) is 11.1 Å². The number of aromatic carboxylic acids is 1. The lowest BCUT2D eigenvalue weighted by Gasteiger charge is -2.03. The second-order valence-electron chi connectivity index (χ2n) is 3.45. The van der Waals surface area contributed by atoms with Crippen LogP contribution in [0.2, 0.25) is 0 Å². The van der Waals surface area contributed by atoms with E-state index in [4.69, 9.17) is 5.11 Å². The largest absolute Gasteiger partial charge is 0.478 e. The van der Waals surface area contributed by atoms with Crippen LogP contribution in [0.5, 0.6) is 0 Å². The number of carbonyl (C=O) groups is 1. The second kappa shape index (κ2) is 5.59. The average Bonchev–Trinajstić information content (AvgIpc) is 2.38. The zero-order chi connectivity index (χ0) is 13.0. The quantitative estimate of drug-likeness (QED) is 0.679. The summed E-state index contributed by atoms with van der Waals surface area (Å²) in [6.45, 7) is 0. The zero-order valence-corrected chi connectivity index (χ0v) is 10.0. The molecular formula is C12H9FN2O2S. The third-order valence-electron chi connectivity index (χ3n) is 2.23. The highest BCUT2D eigenvalue weighted by Gasteiger charge is 2.08. The van der Waals surface area contributed by atoms with Gasteiger partial charge in [0.05, 0.1) is 10.6 Å². The van der Waals surface area contributed by atoms with Gasteiger partial charge in [0.1, 0.15) is 12.1 Å². The first-order chi connectivity index (χ1) is 8.66. The molecule has 0 amide bonds. The summed E-state index contributed by atoms with van der Waals surface area (Å²) < 4.78 is 13.6. The fraction of sp³-hybridized carbons (Fsp3) is 0.0833. The summed E-state index contributed by atoms with van der Waals surface area (Å²) in [6.07, 6.45) is 3.03. The molecule has 1 aromatic carbocycles. The second-order valence-corrected chi connectivity index (χ2v) is 4.44. The number of hydrogen-bond donors (Lipinski definition) is 1. The molecule has 0 aliphatic rings. The molecule has 0 spiro atoms. The topological polar surface area (TPSA) is 63.1 Å². The van der Waals surface area contributed by atoms with Crippen LogP contribution in [0, 0.1) is 5.82 Å². The first-order valence-electron chi connectivity index (χ1n) is 5.07. The van der Waals surface area contributed by atoms with Crippen molar-refractivity contribution < 1.29 is 14.3 Å². The average molecular weight is 264 g/mol. The van der Waals surface area contributed by atoms with Crippen molar-refractivity contribution in [3.05, 3.63) is 53.7 Å². The first kappa shape index (κ1) is 12.5. The summed E-state index contributed by atoms with van der Waals surface area (Å²) in [5, 5.41) is 9.46. The Balaban J connectivity index is 2.08. The maximum absolute atomic E-state index is 13.6. The van der Waals surface area contributed by atoms with Gasteiger partial charge in [-0.3, -0.25) is 0 Å². The van der Waals surface area contributed by atoms with E-state index in [-0.39, 0.29) is 5.56 Å². The predicted molar refractivity (Wildman–Crippen MR) is 65.0 cm³/mol. The highest BCUT2D eigenvalue weighted by atomic mass is 32.2. The number of aromatic nitrogens is 2. The van der Waals surface area contributed by atoms with Crippen LogP contribution in [0.25, 0.3) is 0 Å². The lowest BCUT2D eigenvalue weighted by Crippen LogP contribution is -1.98. The molecule has 18 heavy (non-hydrogen) atoms. The molecule has 0 fully saturated rings. The van der Waals surface area contributed by atoms with Crippen LogP contribution >= 0.6 is 11.8 Å². The number of carboxylic acids is 1. The summed E-state index contributed by atoms with van der Waals surface area (Å²) in [5.74, 6) is -1.26. The Hall–Kier alpha value is -1.95. The van der Waals surface area contributed by atoms with E-state index in [0.29, 0.717) is 11.3 Å². The van der Waals surface area contributed by atoms with Crippen molar-refractivity contribution in [2.75, 3.05) is 0 Å². The van der Waals surface area contributed by atoms with Crippen LogP contribution in [0.15, 0.2) is 41.8 Å². The van der Waals surface area contributed by atoms with Gasteiger partial charge in [-0.1, -0.05) is 6.07 Å². The van der Waals surface area contributed by atoms with Crippen LogP contribution in [-0.4, -0.2) is 21.0 Å². The highest BCUT2D eigenvalue weighted by Crippen LogP contribution is 2.22. The van der Waals surface area contributed by atoms with Gasteiger partial charge >= 0.3 is 5.97 Å². The molecule has 0 saturated heterocycles. The zero-order valence-electron chi connectivity index (χ0n) is 9.21. The van der Waals surface area contributed by atoms with Gasteiger partial charge in [0, 0.05) is 11.9 Å². The molecule has 0 unspecified atom stereocenters. The summed E-state index contributed by atoms with van der Waals surface area (Å²) in [5.41, 5.74) is 0.395. The van der Waals surface area contributed by atoms with E-state index in [1.54, 1.807) is 12.3 Å². The molecule has 0 aliphatic carbocycles. The molecular weight excluding hydrogens is 255 g/mol. The van der Waals surface area contributed by atoms with Crippen molar-refractivity contribution in [2.24, 2.45) is 0 Å². The molecule has 2 rings (SSSR count). The minimum Gasteiger partial charge on any atom is -0.478 e. The molecule has 2 aromatic rings. The minimum atomic E-state index is -1.14. The van der Waals surface area contributed by atoms with E-state index in [1.165, 1.54) is 30.2 Å². The molecule has 92 valence electrons. The third-order valence-corrected chi connectivity index (χ3v) is 3.22. The van der Waals surface area contributed by atoms with Gasteiger partial charge in [0.15, 0.2) is 0 Å². The Morgan fingerprint density at radius 3 is 2.83 bits per heavy atom. The van der Waals surface area contributed by atoms with Crippen LogP contribution < -0.4 is 0 Å². The Bertz CT molecular complexity index is 563. The Morgan fingerprint density at radius 2 is 2.22 bits per heavy atom. The van der Waals surface area contributed by atoms with Crippen molar-refractivity contribution in [2.45, 2.75) is 10.8 Å². The number of hydrogen-bond acceptors (Lipinski definition) is 4. The number of carboxylic acid groups (broad SMARTS) is 1. The maximum atomic E-state index is 13.6. The number of rotatable bonds is 4. The SMILES string of the molecule is O=C(O)c1ccc(CSc2ccncn2)c(F)c1. The van der Waals surface area contributed by atoms with Crippen molar-refractivity contribution in [3.63, 3.8) is 0 Å². The minimum absolute atomic E-state index is 0.0525. The van der Waals surface area contributed by atoms with Crippen molar-refractivity contribution in [3.8, 4) is 0 Å². The Labute approximate surface area is 107 Å². The van der Waals surface area contributed by atoms with Crippen molar-refractivity contribution >= 4 is 17.7 Å². The van der Waals surface area contributed by atoms with Crippen LogP contribution in [0.3, 0.4) is 0 Å². The van der Waals surface area contributed by atoms with Gasteiger partial charge in [0.2, 0.25) is 0 Å². The van der Waals surface area contributed by atoms with Gasteiger partial charge in [-0.2, -0.15) is 0 Å². The lowest BCUT2D eigenvalue weighted by molar-refractivity contribution is 0.0696. The van der Waals surface area contributed by atoms with Gasteiger partial charge in [-0.25, -0.2) is 19.2 Å². The van der Waals surface area contributed by atoms with Crippen molar-refractivity contribution in [1.82, 2.24) is 9.97 Å². The standard InChI is InChI=1S/C12H9FN2O2S/c13-10-5-8(12(16)17)1-2-9(10)6-18-11-3-4-14-7-15-11/h1-5,7H,6H2,(H,16,17). The van der Waals surface area contributed by atoms with E-state index in [9.17, 15) is 9.18 Å². The fourth-order valence-corrected chi connectivity index (χ4v) is 2.13. The van der Waals surface area contributed by atoms with Crippen LogP contribution in [-0.2, 0) is 5.75 Å². The maximum Gasteiger partial charge on any atom is 0.335 e. The van der Waals surface area contributed by atoms with E-state index in [2.05, 4.69) is 9.97 Å². The van der Waals surface area contributed by atoms with Gasteiger partial charge in [-0.15, -0.1) is 11.8 Å². The van der Waals surface area contributed by atoms with Gasteiger partial charge in [-0.05, 0) is 23.8 Å². The number of halogens is 1. The molecule has 0 bridgehead atoms. The number of thioether (sulfide) groups is 1. The molecule has 0 atom stereocenters. The molecule has 1 N–H and O–H groups in total. The summed E-state index contributed by atoms with van der Waals surface area (Å²) >= 11 is 1.36. The molecule has 1 aromatic heterocycles. The monoisotopic (exact) mass is 264 g/mol. The van der Waals surface area contributed by atoms with Gasteiger partial charge < -0.3 is 5.11 Å².